The van der Waals surface area contributed by atoms with Crippen molar-refractivity contribution < 1.29 is 9.53 Å². The van der Waals surface area contributed by atoms with E-state index in [1.54, 1.807) is 0 Å². The summed E-state index contributed by atoms with van der Waals surface area (Å²) in [6.07, 6.45) is 0. The van der Waals surface area contributed by atoms with Crippen LogP contribution in [0.1, 0.15) is 29.9 Å². The first-order valence-corrected chi connectivity index (χ1v) is 8.27. The van der Waals surface area contributed by atoms with Crippen LogP contribution in [0.5, 0.6) is 5.75 Å². The van der Waals surface area contributed by atoms with Gasteiger partial charge in [0.15, 0.2) is 0 Å². The highest BCUT2D eigenvalue weighted by Gasteiger charge is 2.20. The van der Waals surface area contributed by atoms with Gasteiger partial charge in [0.1, 0.15) is 11.4 Å². The van der Waals surface area contributed by atoms with Crippen LogP contribution in [-0.2, 0) is 6.54 Å². The van der Waals surface area contributed by atoms with E-state index in [1.165, 1.54) is 0 Å². The quantitative estimate of drug-likeness (QED) is 0.745. The van der Waals surface area contributed by atoms with Crippen molar-refractivity contribution in [2.45, 2.75) is 27.3 Å². The maximum absolute atomic E-state index is 12.8. The molecule has 0 saturated carbocycles. The van der Waals surface area contributed by atoms with Gasteiger partial charge in [0.25, 0.3) is 5.91 Å². The Labute approximate surface area is 142 Å². The van der Waals surface area contributed by atoms with Crippen molar-refractivity contribution >= 4 is 22.5 Å². The number of aromatic nitrogens is 1. The number of aryl methyl sites for hydroxylation is 2. The summed E-state index contributed by atoms with van der Waals surface area (Å²) in [7, 11) is 0. The lowest BCUT2D eigenvalue weighted by Crippen LogP contribution is -2.17. The zero-order valence-corrected chi connectivity index (χ0v) is 14.3. The maximum atomic E-state index is 12.8. The van der Waals surface area contributed by atoms with Crippen LogP contribution >= 0.6 is 0 Å². The van der Waals surface area contributed by atoms with Gasteiger partial charge in [-0.25, -0.2) is 0 Å². The highest BCUT2D eigenvalue weighted by atomic mass is 16.5. The Morgan fingerprint density at radius 2 is 1.88 bits per heavy atom. The standard InChI is InChI=1S/C20H22N2O2/c1-4-22-18-12-11-16(24-5-2)13-17(18)14(3)19(22)20(23)21-15-9-7-6-8-10-15/h6-13H,4-5H2,1-3H3,(H,21,23). The van der Waals surface area contributed by atoms with Crippen LogP contribution < -0.4 is 10.1 Å². The van der Waals surface area contributed by atoms with Crippen LogP contribution in [0.2, 0.25) is 0 Å². The van der Waals surface area contributed by atoms with Gasteiger partial charge in [-0.3, -0.25) is 4.79 Å². The maximum Gasteiger partial charge on any atom is 0.272 e. The molecule has 124 valence electrons. The zero-order valence-electron chi connectivity index (χ0n) is 14.3. The summed E-state index contributed by atoms with van der Waals surface area (Å²) < 4.78 is 7.65. The van der Waals surface area contributed by atoms with Crippen molar-refractivity contribution in [1.29, 1.82) is 0 Å². The number of fused-ring (bicyclic) bond motifs is 1. The van der Waals surface area contributed by atoms with Gasteiger partial charge in [-0.15, -0.1) is 0 Å². The molecule has 0 saturated heterocycles. The average Bonchev–Trinajstić information content (AvgIpc) is 2.88. The number of hydrogen-bond donors (Lipinski definition) is 1. The number of carbonyl (C=O) groups is 1. The molecule has 1 aromatic heterocycles. The highest BCUT2D eigenvalue weighted by Crippen LogP contribution is 2.29. The molecule has 1 amide bonds. The SMILES string of the molecule is CCOc1ccc2c(c1)c(C)c(C(=O)Nc1ccccc1)n2CC. The van der Waals surface area contributed by atoms with Gasteiger partial charge < -0.3 is 14.6 Å². The monoisotopic (exact) mass is 322 g/mol. The van der Waals surface area contributed by atoms with Gasteiger partial charge in [0.2, 0.25) is 0 Å². The number of amides is 1. The summed E-state index contributed by atoms with van der Waals surface area (Å²) in [5.74, 6) is 0.742. The third-order valence-electron chi connectivity index (χ3n) is 4.16. The van der Waals surface area contributed by atoms with Gasteiger partial charge in [-0.05, 0) is 56.7 Å². The summed E-state index contributed by atoms with van der Waals surface area (Å²) in [5.41, 5.74) is 3.52. The topological polar surface area (TPSA) is 43.3 Å². The predicted octanol–water partition coefficient (Wildman–Crippen LogP) is 4.62. The summed E-state index contributed by atoms with van der Waals surface area (Å²) >= 11 is 0. The number of para-hydroxylation sites is 1. The first-order valence-electron chi connectivity index (χ1n) is 8.27. The Morgan fingerprint density at radius 1 is 1.12 bits per heavy atom. The van der Waals surface area contributed by atoms with Crippen LogP contribution in [-0.4, -0.2) is 17.1 Å². The number of nitrogens with zero attached hydrogens (tertiary/aromatic N) is 1. The molecule has 0 aliphatic heterocycles. The third kappa shape index (κ3) is 2.87. The molecule has 2 aromatic carbocycles. The van der Waals surface area contributed by atoms with E-state index in [-0.39, 0.29) is 5.91 Å². The highest BCUT2D eigenvalue weighted by molar-refractivity contribution is 6.08. The number of benzene rings is 2. The van der Waals surface area contributed by atoms with Crippen molar-refractivity contribution in [3.63, 3.8) is 0 Å². The fourth-order valence-corrected chi connectivity index (χ4v) is 3.09. The molecule has 1 N–H and O–H groups in total. The van der Waals surface area contributed by atoms with Crippen molar-refractivity contribution in [1.82, 2.24) is 4.57 Å². The largest absolute Gasteiger partial charge is 0.494 e. The Morgan fingerprint density at radius 3 is 2.54 bits per heavy atom. The van der Waals surface area contributed by atoms with E-state index in [4.69, 9.17) is 4.74 Å². The fourth-order valence-electron chi connectivity index (χ4n) is 3.09. The van der Waals surface area contributed by atoms with E-state index in [0.717, 1.165) is 34.4 Å². The molecular weight excluding hydrogens is 300 g/mol. The molecule has 3 aromatic rings. The molecule has 0 atom stereocenters. The molecule has 24 heavy (non-hydrogen) atoms. The van der Waals surface area contributed by atoms with E-state index >= 15 is 0 Å². The van der Waals surface area contributed by atoms with Gasteiger partial charge in [0.05, 0.1) is 6.61 Å². The smallest absolute Gasteiger partial charge is 0.272 e. The van der Waals surface area contributed by atoms with Gasteiger partial charge in [-0.2, -0.15) is 0 Å². The molecule has 0 aliphatic rings. The van der Waals surface area contributed by atoms with Gasteiger partial charge >= 0.3 is 0 Å². The second kappa shape index (κ2) is 6.79. The Balaban J connectivity index is 2.06. The minimum Gasteiger partial charge on any atom is -0.494 e. The summed E-state index contributed by atoms with van der Waals surface area (Å²) in [6.45, 7) is 7.36. The average molecular weight is 322 g/mol. The number of rotatable bonds is 5. The second-order valence-electron chi connectivity index (χ2n) is 5.65. The Kier molecular flexibility index (Phi) is 4.56. The molecule has 0 spiro atoms. The molecule has 0 fully saturated rings. The van der Waals surface area contributed by atoms with Crippen LogP contribution in [0.3, 0.4) is 0 Å². The van der Waals surface area contributed by atoms with Crippen molar-refractivity contribution in [3.8, 4) is 5.75 Å². The molecule has 4 heteroatoms. The lowest BCUT2D eigenvalue weighted by molar-refractivity contribution is 0.101. The van der Waals surface area contributed by atoms with Crippen molar-refractivity contribution in [3.05, 3.63) is 59.8 Å². The van der Waals surface area contributed by atoms with Crippen LogP contribution in [0.25, 0.3) is 10.9 Å². The molecule has 4 nitrogen and oxygen atoms in total. The number of ether oxygens (including phenoxy) is 1. The minimum atomic E-state index is -0.0882. The molecule has 0 radical (unpaired) electrons. The predicted molar refractivity (Wildman–Crippen MR) is 97.9 cm³/mol. The minimum absolute atomic E-state index is 0.0882. The number of anilines is 1. The summed E-state index contributed by atoms with van der Waals surface area (Å²) in [5, 5.41) is 4.04. The summed E-state index contributed by atoms with van der Waals surface area (Å²) in [4.78, 5) is 12.8. The molecule has 0 aliphatic carbocycles. The number of hydrogen-bond acceptors (Lipinski definition) is 2. The molecular formula is C20H22N2O2. The zero-order chi connectivity index (χ0) is 17.1. The summed E-state index contributed by atoms with van der Waals surface area (Å²) in [6, 6.07) is 15.5. The van der Waals surface area contributed by atoms with Gasteiger partial charge in [-0.1, -0.05) is 18.2 Å². The first kappa shape index (κ1) is 16.1. The molecule has 3 rings (SSSR count). The molecule has 0 bridgehead atoms. The van der Waals surface area contributed by atoms with Crippen LogP contribution in [0.4, 0.5) is 5.69 Å². The Hall–Kier alpha value is -2.75. The lowest BCUT2D eigenvalue weighted by atomic mass is 10.1. The third-order valence-corrected chi connectivity index (χ3v) is 4.16. The van der Waals surface area contributed by atoms with Crippen LogP contribution in [0, 0.1) is 6.92 Å². The lowest BCUT2D eigenvalue weighted by Gasteiger charge is -2.10. The van der Waals surface area contributed by atoms with E-state index in [1.807, 2.05) is 62.4 Å². The molecule has 0 unspecified atom stereocenters. The normalized spacial score (nSPS) is 10.8. The van der Waals surface area contributed by atoms with Crippen molar-refractivity contribution in [2.24, 2.45) is 0 Å². The van der Waals surface area contributed by atoms with E-state index in [9.17, 15) is 4.79 Å². The van der Waals surface area contributed by atoms with E-state index < -0.39 is 0 Å². The second-order valence-corrected chi connectivity index (χ2v) is 5.65. The Bertz CT molecular complexity index is 866. The van der Waals surface area contributed by atoms with Crippen molar-refractivity contribution in [2.75, 3.05) is 11.9 Å². The van der Waals surface area contributed by atoms with Gasteiger partial charge in [0, 0.05) is 23.1 Å². The fraction of sp³-hybridized carbons (Fsp3) is 0.250. The van der Waals surface area contributed by atoms with Crippen LogP contribution in [0.15, 0.2) is 48.5 Å². The number of nitrogens with one attached hydrogen (secondary N) is 1. The van der Waals surface area contributed by atoms with E-state index in [2.05, 4.69) is 16.8 Å². The molecule has 1 heterocycles. The van der Waals surface area contributed by atoms with E-state index in [0.29, 0.717) is 12.3 Å². The first-order chi connectivity index (χ1) is 11.7. The number of carbonyl (C=O) groups excluding carboxylic acids is 1.